The first-order chi connectivity index (χ1) is 10.8. The summed E-state index contributed by atoms with van der Waals surface area (Å²) in [5, 5.41) is 16.1. The lowest BCUT2D eigenvalue weighted by molar-refractivity contribution is 0.861. The summed E-state index contributed by atoms with van der Waals surface area (Å²) in [6, 6.07) is 6.14. The van der Waals surface area contributed by atoms with Crippen LogP contribution >= 0.6 is 0 Å². The van der Waals surface area contributed by atoms with Crippen molar-refractivity contribution in [3.05, 3.63) is 57.8 Å². The normalized spacial score (nSPS) is 12.6. The molecule has 3 nitrogen and oxygen atoms in total. The smallest absolute Gasteiger partial charge is 0.0875 e. The van der Waals surface area contributed by atoms with E-state index in [0.29, 0.717) is 23.6 Å². The Labute approximate surface area is 139 Å². The summed E-state index contributed by atoms with van der Waals surface area (Å²) in [4.78, 5) is 0. The average molecular weight is 307 g/mol. The molecule has 0 atom stereocenters. The van der Waals surface area contributed by atoms with Crippen LogP contribution in [0.2, 0.25) is 0 Å². The van der Waals surface area contributed by atoms with Crippen molar-refractivity contribution in [3.8, 4) is 12.3 Å². The van der Waals surface area contributed by atoms with E-state index < -0.39 is 0 Å². The van der Waals surface area contributed by atoms with Gasteiger partial charge >= 0.3 is 0 Å². The van der Waals surface area contributed by atoms with Crippen LogP contribution in [0.1, 0.15) is 49.8 Å². The molecule has 0 heterocycles. The first-order valence-corrected chi connectivity index (χ1v) is 7.66. The fraction of sp³-hybridized carbons (Fsp3) is 0.300. The molecule has 1 rings (SSSR count). The van der Waals surface area contributed by atoms with Gasteiger partial charge in [0, 0.05) is 23.8 Å². The van der Waals surface area contributed by atoms with Gasteiger partial charge in [-0.2, -0.15) is 0 Å². The molecule has 3 heteroatoms. The maximum atomic E-state index is 8.60. The largest absolute Gasteiger partial charge is 0.392 e. The quantitative estimate of drug-likeness (QED) is 0.531. The maximum absolute atomic E-state index is 8.60. The van der Waals surface area contributed by atoms with Crippen molar-refractivity contribution >= 4 is 11.9 Å². The summed E-state index contributed by atoms with van der Waals surface area (Å²) in [5.41, 5.74) is 11.1. The third kappa shape index (κ3) is 4.43. The monoisotopic (exact) mass is 307 g/mol. The molecule has 1 aromatic carbocycles. The molecule has 0 saturated carbocycles. The highest BCUT2D eigenvalue weighted by molar-refractivity contribution is 6.12. The van der Waals surface area contributed by atoms with E-state index in [1.165, 1.54) is 11.8 Å². The highest BCUT2D eigenvalue weighted by Gasteiger charge is 2.15. The van der Waals surface area contributed by atoms with Gasteiger partial charge in [-0.1, -0.05) is 49.6 Å². The summed E-state index contributed by atoms with van der Waals surface area (Å²) in [6.07, 6.45) is 8.77. The van der Waals surface area contributed by atoms with E-state index in [-0.39, 0.29) is 5.70 Å². The van der Waals surface area contributed by atoms with Gasteiger partial charge in [-0.05, 0) is 30.9 Å². The Morgan fingerprint density at radius 1 is 1.39 bits per heavy atom. The second-order valence-corrected chi connectivity index (χ2v) is 5.84. The zero-order chi connectivity index (χ0) is 17.6. The predicted octanol–water partition coefficient (Wildman–Crippen LogP) is 4.32. The molecule has 4 N–H and O–H groups in total. The van der Waals surface area contributed by atoms with Gasteiger partial charge < -0.3 is 11.1 Å². The van der Waals surface area contributed by atoms with Crippen LogP contribution < -0.4 is 5.73 Å². The fourth-order valence-corrected chi connectivity index (χ4v) is 2.42. The number of hydrogen-bond acceptors (Lipinski definition) is 3. The van der Waals surface area contributed by atoms with Crippen LogP contribution in [0.15, 0.2) is 41.1 Å². The standard InChI is InChI=1S/C20H25N3/c1-6-15(11-16(12-21)19(22)7-2)20(23)17-9-8-14(5)10-18(17)13(3)4/h2,6,8-10,12-13,21,23H,11,22H2,1,3-5H3/b15-6-,19-16?,21-12?,23-20?. The van der Waals surface area contributed by atoms with Crippen molar-refractivity contribution in [1.82, 2.24) is 0 Å². The van der Waals surface area contributed by atoms with Gasteiger partial charge in [-0.3, -0.25) is 5.41 Å². The molecule has 0 aliphatic carbocycles. The van der Waals surface area contributed by atoms with Gasteiger partial charge in [0.25, 0.3) is 0 Å². The molecule has 23 heavy (non-hydrogen) atoms. The predicted molar refractivity (Wildman–Crippen MR) is 99.3 cm³/mol. The molecular formula is C20H25N3. The molecule has 0 amide bonds. The molecule has 0 aliphatic heterocycles. The Hall–Kier alpha value is -2.60. The topological polar surface area (TPSA) is 73.7 Å². The molecule has 0 spiro atoms. The van der Waals surface area contributed by atoms with Crippen molar-refractivity contribution in [1.29, 1.82) is 10.8 Å². The minimum Gasteiger partial charge on any atom is -0.392 e. The van der Waals surface area contributed by atoms with Crippen molar-refractivity contribution < 1.29 is 0 Å². The summed E-state index contributed by atoms with van der Waals surface area (Å²) in [7, 11) is 0. The molecule has 0 saturated heterocycles. The third-order valence-corrected chi connectivity index (χ3v) is 3.82. The minimum absolute atomic E-state index is 0.250. The van der Waals surface area contributed by atoms with Crippen molar-refractivity contribution in [2.24, 2.45) is 5.73 Å². The molecule has 1 aromatic rings. The fourth-order valence-electron chi connectivity index (χ4n) is 2.42. The zero-order valence-electron chi connectivity index (χ0n) is 14.3. The second kappa shape index (κ2) is 8.14. The van der Waals surface area contributed by atoms with Crippen molar-refractivity contribution in [2.45, 2.75) is 40.0 Å². The van der Waals surface area contributed by atoms with Crippen LogP contribution in [0, 0.1) is 30.1 Å². The third-order valence-electron chi connectivity index (χ3n) is 3.82. The van der Waals surface area contributed by atoms with Crippen LogP contribution in [0.5, 0.6) is 0 Å². The Balaban J connectivity index is 3.28. The first-order valence-electron chi connectivity index (χ1n) is 7.66. The summed E-state index contributed by atoms with van der Waals surface area (Å²) in [6.45, 7) is 8.19. The molecule has 0 unspecified atom stereocenters. The Morgan fingerprint density at radius 3 is 2.52 bits per heavy atom. The van der Waals surface area contributed by atoms with E-state index in [9.17, 15) is 0 Å². The Kier molecular flexibility index (Phi) is 6.53. The van der Waals surface area contributed by atoms with Gasteiger partial charge in [0.05, 0.1) is 11.4 Å². The number of hydrogen-bond donors (Lipinski definition) is 3. The summed E-state index contributed by atoms with van der Waals surface area (Å²) in [5.74, 6) is 2.70. The van der Waals surface area contributed by atoms with Crippen LogP contribution in [-0.4, -0.2) is 11.9 Å². The van der Waals surface area contributed by atoms with Crippen LogP contribution in [-0.2, 0) is 0 Å². The Bertz CT molecular complexity index is 713. The molecule has 120 valence electrons. The van der Waals surface area contributed by atoms with Gasteiger partial charge in [0.2, 0.25) is 0 Å². The van der Waals surface area contributed by atoms with Crippen LogP contribution in [0.3, 0.4) is 0 Å². The molecule has 0 fully saturated rings. The van der Waals surface area contributed by atoms with E-state index in [1.54, 1.807) is 0 Å². The molecule has 0 aliphatic rings. The van der Waals surface area contributed by atoms with E-state index in [1.807, 2.05) is 25.1 Å². The maximum Gasteiger partial charge on any atom is 0.0875 e. The highest BCUT2D eigenvalue weighted by Crippen LogP contribution is 2.25. The molecule has 0 radical (unpaired) electrons. The van der Waals surface area contributed by atoms with Crippen molar-refractivity contribution in [2.75, 3.05) is 0 Å². The van der Waals surface area contributed by atoms with Crippen molar-refractivity contribution in [3.63, 3.8) is 0 Å². The van der Waals surface area contributed by atoms with Gasteiger partial charge in [-0.15, -0.1) is 6.42 Å². The van der Waals surface area contributed by atoms with Gasteiger partial charge in [0.15, 0.2) is 0 Å². The molecule has 0 aromatic heterocycles. The summed E-state index contributed by atoms with van der Waals surface area (Å²) < 4.78 is 0. The van der Waals surface area contributed by atoms with Gasteiger partial charge in [-0.25, -0.2) is 0 Å². The molecule has 0 bridgehead atoms. The highest BCUT2D eigenvalue weighted by atomic mass is 14.6. The number of allylic oxidation sites excluding steroid dienone is 4. The van der Waals surface area contributed by atoms with Gasteiger partial charge in [0.1, 0.15) is 0 Å². The lowest BCUT2D eigenvalue weighted by Gasteiger charge is -2.17. The van der Waals surface area contributed by atoms with E-state index in [4.69, 9.17) is 23.0 Å². The number of rotatable bonds is 6. The lowest BCUT2D eigenvalue weighted by atomic mass is 9.88. The number of aryl methyl sites for hydroxylation is 1. The van der Waals surface area contributed by atoms with E-state index in [0.717, 1.165) is 16.7 Å². The SMILES string of the molecule is C#CC(N)=C(C=N)C/C(=C/C)C(=N)c1ccc(C)cc1C(C)C. The number of nitrogens with one attached hydrogen (secondary N) is 2. The lowest BCUT2D eigenvalue weighted by Crippen LogP contribution is -2.11. The van der Waals surface area contributed by atoms with Crippen LogP contribution in [0.25, 0.3) is 0 Å². The minimum atomic E-state index is 0.250. The zero-order valence-corrected chi connectivity index (χ0v) is 14.3. The molecular weight excluding hydrogens is 282 g/mol. The second-order valence-electron chi connectivity index (χ2n) is 5.84. The number of terminal acetylenes is 1. The van der Waals surface area contributed by atoms with E-state index >= 15 is 0 Å². The summed E-state index contributed by atoms with van der Waals surface area (Å²) >= 11 is 0. The average Bonchev–Trinajstić information content (AvgIpc) is 2.54. The first kappa shape index (κ1) is 18.4. The number of benzene rings is 1. The number of nitrogens with two attached hydrogens (primary N) is 1. The Morgan fingerprint density at radius 2 is 2.04 bits per heavy atom. The van der Waals surface area contributed by atoms with E-state index in [2.05, 4.69) is 32.8 Å². The van der Waals surface area contributed by atoms with Crippen LogP contribution in [0.4, 0.5) is 0 Å².